The molecule has 0 amide bonds. The van der Waals surface area contributed by atoms with Crippen molar-refractivity contribution in [1.82, 2.24) is 4.90 Å². The molecular weight excluding hydrogens is 434 g/mol. The Kier molecular flexibility index (Phi) is 6.66. The number of rotatable bonds is 5. The topological polar surface area (TPSA) is 163 Å². The van der Waals surface area contributed by atoms with Crippen LogP contribution in [0.15, 0.2) is 30.3 Å². The van der Waals surface area contributed by atoms with Gasteiger partial charge in [0.15, 0.2) is 23.0 Å². The third-order valence-electron chi connectivity index (χ3n) is 6.41. The van der Waals surface area contributed by atoms with E-state index in [2.05, 4.69) is 4.90 Å². The van der Waals surface area contributed by atoms with Crippen molar-refractivity contribution < 1.29 is 45.2 Å². The van der Waals surface area contributed by atoms with Crippen molar-refractivity contribution in [2.45, 2.75) is 49.6 Å². The lowest BCUT2D eigenvalue weighted by molar-refractivity contribution is -0.277. The van der Waals surface area contributed by atoms with Crippen molar-refractivity contribution in [3.05, 3.63) is 47.0 Å². The Hall–Kier alpha value is -2.60. The zero-order valence-electron chi connectivity index (χ0n) is 18.1. The number of aromatic hydroxyl groups is 3. The van der Waals surface area contributed by atoms with Gasteiger partial charge in [0.2, 0.25) is 6.29 Å². The molecule has 33 heavy (non-hydrogen) atoms. The molecule has 10 heteroatoms. The molecule has 0 aromatic heterocycles. The van der Waals surface area contributed by atoms with Gasteiger partial charge in [-0.15, -0.1) is 0 Å². The van der Waals surface area contributed by atoms with Gasteiger partial charge in [0, 0.05) is 12.6 Å². The Morgan fingerprint density at radius 1 is 0.970 bits per heavy atom. The molecule has 2 heterocycles. The number of aliphatic hydroxyl groups is 4. The second-order valence-corrected chi connectivity index (χ2v) is 8.61. The summed E-state index contributed by atoms with van der Waals surface area (Å²) in [6, 6.07) is 7.82. The predicted molar refractivity (Wildman–Crippen MR) is 115 cm³/mol. The molecule has 2 aliphatic rings. The first kappa shape index (κ1) is 23.6. The summed E-state index contributed by atoms with van der Waals surface area (Å²) in [7, 11) is 1.97. The Bertz CT molecular complexity index is 998. The Balaban J connectivity index is 1.51. The molecule has 2 aliphatic heterocycles. The lowest BCUT2D eigenvalue weighted by Crippen LogP contribution is -2.60. The molecule has 10 nitrogen and oxygen atoms in total. The van der Waals surface area contributed by atoms with Gasteiger partial charge in [-0.05, 0) is 60.8 Å². The van der Waals surface area contributed by atoms with Crippen LogP contribution in [-0.4, -0.2) is 91.6 Å². The molecular formula is C23H29NO9. The number of aliphatic hydroxyl groups excluding tert-OH is 4. The number of benzene rings is 2. The molecule has 7 N–H and O–H groups in total. The first-order chi connectivity index (χ1) is 15.7. The third-order valence-corrected chi connectivity index (χ3v) is 6.41. The van der Waals surface area contributed by atoms with Crippen LogP contribution in [0.2, 0.25) is 0 Å². The maximum atomic E-state index is 10.5. The SMILES string of the molecule is CN1CCc2cc(O)c(O)cc2[C@H]1Cc1ccc(O[C@@H]2O[C@H](CO)[C@@H](O)[C@H](O)[C@H]2O)c(O)c1. The van der Waals surface area contributed by atoms with Crippen molar-refractivity contribution in [1.29, 1.82) is 0 Å². The minimum atomic E-state index is -1.58. The van der Waals surface area contributed by atoms with Gasteiger partial charge >= 0.3 is 0 Å². The minimum absolute atomic E-state index is 0.00282. The maximum Gasteiger partial charge on any atom is 0.229 e. The highest BCUT2D eigenvalue weighted by Crippen LogP contribution is 2.39. The van der Waals surface area contributed by atoms with Gasteiger partial charge < -0.3 is 45.2 Å². The van der Waals surface area contributed by atoms with E-state index in [0.717, 1.165) is 29.7 Å². The van der Waals surface area contributed by atoms with Gasteiger partial charge in [-0.3, -0.25) is 4.90 Å². The average molecular weight is 463 g/mol. The van der Waals surface area contributed by atoms with Crippen molar-refractivity contribution in [2.75, 3.05) is 20.2 Å². The molecule has 1 fully saturated rings. The number of hydrogen-bond donors (Lipinski definition) is 7. The van der Waals surface area contributed by atoms with E-state index in [0.29, 0.717) is 6.42 Å². The van der Waals surface area contributed by atoms with E-state index >= 15 is 0 Å². The van der Waals surface area contributed by atoms with Crippen LogP contribution < -0.4 is 4.74 Å². The highest BCUT2D eigenvalue weighted by Gasteiger charge is 2.45. The molecule has 2 aromatic rings. The number of likely N-dealkylation sites (N-methyl/N-ethyl adjacent to an activating group) is 1. The molecule has 0 spiro atoms. The summed E-state index contributed by atoms with van der Waals surface area (Å²) < 4.78 is 10.8. The molecule has 0 saturated carbocycles. The van der Waals surface area contributed by atoms with E-state index in [-0.39, 0.29) is 29.0 Å². The lowest BCUT2D eigenvalue weighted by Gasteiger charge is -2.39. The van der Waals surface area contributed by atoms with Gasteiger partial charge in [0.1, 0.15) is 24.4 Å². The highest BCUT2D eigenvalue weighted by atomic mass is 16.7. The summed E-state index contributed by atoms with van der Waals surface area (Å²) in [6.07, 6.45) is -5.93. The van der Waals surface area contributed by atoms with E-state index in [1.807, 2.05) is 7.05 Å². The van der Waals surface area contributed by atoms with Crippen molar-refractivity contribution in [3.8, 4) is 23.0 Å². The van der Waals surface area contributed by atoms with E-state index in [4.69, 9.17) is 9.47 Å². The van der Waals surface area contributed by atoms with Crippen LogP contribution in [0, 0.1) is 0 Å². The van der Waals surface area contributed by atoms with Crippen molar-refractivity contribution in [3.63, 3.8) is 0 Å². The number of ether oxygens (including phenoxy) is 2. The number of phenols is 3. The van der Waals surface area contributed by atoms with Crippen LogP contribution in [0.5, 0.6) is 23.0 Å². The first-order valence-electron chi connectivity index (χ1n) is 10.7. The first-order valence-corrected chi connectivity index (χ1v) is 10.7. The van der Waals surface area contributed by atoms with Crippen LogP contribution in [0.1, 0.15) is 22.7 Å². The molecule has 180 valence electrons. The van der Waals surface area contributed by atoms with Crippen molar-refractivity contribution in [2.24, 2.45) is 0 Å². The molecule has 1 saturated heterocycles. The average Bonchev–Trinajstić information content (AvgIpc) is 2.79. The summed E-state index contributed by atoms with van der Waals surface area (Å²) >= 11 is 0. The summed E-state index contributed by atoms with van der Waals surface area (Å²) in [5.41, 5.74) is 2.64. The van der Waals surface area contributed by atoms with E-state index < -0.39 is 37.3 Å². The molecule has 0 aliphatic carbocycles. The Labute approximate surface area is 190 Å². The smallest absolute Gasteiger partial charge is 0.229 e. The second-order valence-electron chi connectivity index (χ2n) is 8.61. The molecule has 0 unspecified atom stereocenters. The quantitative estimate of drug-likeness (QED) is 0.294. The Morgan fingerprint density at radius 2 is 1.70 bits per heavy atom. The van der Waals surface area contributed by atoms with Crippen LogP contribution in [0.25, 0.3) is 0 Å². The fraction of sp³-hybridized carbons (Fsp3) is 0.478. The normalized spacial score (nSPS) is 30.1. The lowest BCUT2D eigenvalue weighted by atomic mass is 9.88. The number of hydrogen-bond acceptors (Lipinski definition) is 10. The fourth-order valence-corrected chi connectivity index (χ4v) is 4.42. The van der Waals surface area contributed by atoms with Gasteiger partial charge in [-0.1, -0.05) is 6.07 Å². The zero-order valence-corrected chi connectivity index (χ0v) is 18.1. The predicted octanol–water partition coefficient (Wildman–Crippen LogP) is -0.246. The number of nitrogens with zero attached hydrogens (tertiary/aromatic N) is 1. The summed E-state index contributed by atoms with van der Waals surface area (Å²) in [6.45, 7) is 0.186. The summed E-state index contributed by atoms with van der Waals surface area (Å²) in [5.74, 6) is -0.538. The fourth-order valence-electron chi connectivity index (χ4n) is 4.42. The highest BCUT2D eigenvalue weighted by molar-refractivity contribution is 5.49. The van der Waals surface area contributed by atoms with Gasteiger partial charge in [-0.25, -0.2) is 0 Å². The standard InChI is InChI=1S/C23H29NO9/c1-24-5-4-12-8-15(26)16(27)9-13(12)14(24)6-11-2-3-18(17(28)7-11)32-23-22(31)21(30)20(29)19(10-25)33-23/h2-3,7-9,14,19-23,25-31H,4-6,10H2,1H3/t14-,19-,20-,21+,22-,23-/m1/s1. The third kappa shape index (κ3) is 4.58. The van der Waals surface area contributed by atoms with Crippen LogP contribution >= 0.6 is 0 Å². The summed E-state index contributed by atoms with van der Waals surface area (Å²) in [4.78, 5) is 2.13. The van der Waals surface area contributed by atoms with Crippen LogP contribution in [0.4, 0.5) is 0 Å². The molecule has 0 bridgehead atoms. The van der Waals surface area contributed by atoms with Crippen LogP contribution in [-0.2, 0) is 17.6 Å². The van der Waals surface area contributed by atoms with Gasteiger partial charge in [-0.2, -0.15) is 0 Å². The maximum absolute atomic E-state index is 10.5. The molecule has 4 rings (SSSR count). The largest absolute Gasteiger partial charge is 0.504 e. The minimum Gasteiger partial charge on any atom is -0.504 e. The van der Waals surface area contributed by atoms with Gasteiger partial charge in [0.25, 0.3) is 0 Å². The van der Waals surface area contributed by atoms with Gasteiger partial charge in [0.05, 0.1) is 6.61 Å². The number of phenolic OH excluding ortho intramolecular Hbond substituents is 3. The zero-order chi connectivity index (χ0) is 23.9. The Morgan fingerprint density at radius 3 is 2.39 bits per heavy atom. The van der Waals surface area contributed by atoms with E-state index in [9.17, 15) is 35.7 Å². The van der Waals surface area contributed by atoms with E-state index in [1.165, 1.54) is 12.1 Å². The summed E-state index contributed by atoms with van der Waals surface area (Å²) in [5, 5.41) is 69.5. The monoisotopic (exact) mass is 463 g/mol. The second kappa shape index (κ2) is 9.34. The molecule has 0 radical (unpaired) electrons. The molecule has 2 aromatic carbocycles. The van der Waals surface area contributed by atoms with Crippen molar-refractivity contribution >= 4 is 0 Å². The molecule has 6 atom stereocenters. The van der Waals surface area contributed by atoms with Crippen LogP contribution in [0.3, 0.4) is 0 Å². The number of fused-ring (bicyclic) bond motifs is 1. The van der Waals surface area contributed by atoms with E-state index in [1.54, 1.807) is 18.2 Å².